The van der Waals surface area contributed by atoms with E-state index in [-0.39, 0.29) is 11.8 Å². The maximum absolute atomic E-state index is 14.0. The molecule has 40 heavy (non-hydrogen) atoms. The number of hydroxylamine groups is 1. The molecule has 0 N–H and O–H groups in total. The van der Waals surface area contributed by atoms with Gasteiger partial charge in [0.1, 0.15) is 12.5 Å². The van der Waals surface area contributed by atoms with Crippen LogP contribution in [0.3, 0.4) is 0 Å². The molecule has 2 aliphatic heterocycles. The molecule has 2 amide bonds. The number of amides is 2. The van der Waals surface area contributed by atoms with Gasteiger partial charge in [0.15, 0.2) is 17.6 Å². The number of carbonyl (C=O) groups excluding carboxylic acids is 2. The van der Waals surface area contributed by atoms with Gasteiger partial charge in [0, 0.05) is 4.47 Å². The Labute approximate surface area is 241 Å². The lowest BCUT2D eigenvalue weighted by atomic mass is 9.90. The van der Waals surface area contributed by atoms with Gasteiger partial charge in [0.05, 0.1) is 24.5 Å². The average Bonchev–Trinajstić information content (AvgIpc) is 3.49. The summed E-state index contributed by atoms with van der Waals surface area (Å²) < 4.78 is 12.5. The molecule has 2 saturated heterocycles. The normalized spacial score (nSPS) is 20.1. The molecule has 0 bridgehead atoms. The summed E-state index contributed by atoms with van der Waals surface area (Å²) in [5.74, 6) is -0.395. The van der Waals surface area contributed by atoms with Gasteiger partial charge < -0.3 is 9.47 Å². The van der Waals surface area contributed by atoms with Crippen molar-refractivity contribution >= 4 is 39.1 Å². The average molecular weight is 599 g/mol. The number of imide groups is 1. The molecule has 3 atom stereocenters. The maximum Gasteiger partial charge on any atom is 0.266 e. The highest BCUT2D eigenvalue weighted by Gasteiger charge is 2.60. The molecular formula is C32H27BrN2O5. The molecule has 0 aromatic heterocycles. The molecule has 6 rings (SSSR count). The first-order valence-corrected chi connectivity index (χ1v) is 13.7. The van der Waals surface area contributed by atoms with Gasteiger partial charge in [-0.1, -0.05) is 82.2 Å². The first-order valence-electron chi connectivity index (χ1n) is 13.0. The molecule has 0 unspecified atom stereocenters. The number of methoxy groups -OCH3 is 1. The summed E-state index contributed by atoms with van der Waals surface area (Å²) >= 11 is 3.72. The Morgan fingerprint density at radius 3 is 2.17 bits per heavy atom. The SMILES string of the molecule is COc1cc([C@@H]2[C@H]3C(=O)N(c4ccc(C)cc4)C(=O)[C@@H]3ON2c2ccccc2)c(Br)cc1OCc1ccccc1. The molecule has 2 heterocycles. The van der Waals surface area contributed by atoms with E-state index in [9.17, 15) is 9.59 Å². The van der Waals surface area contributed by atoms with Crippen LogP contribution in [0.5, 0.6) is 11.5 Å². The third-order valence-corrected chi connectivity index (χ3v) is 7.94. The zero-order valence-electron chi connectivity index (χ0n) is 22.0. The fourth-order valence-corrected chi connectivity index (χ4v) is 5.82. The fraction of sp³-hybridized carbons (Fsp3) is 0.188. The van der Waals surface area contributed by atoms with Gasteiger partial charge in [-0.25, -0.2) is 9.96 Å². The molecule has 2 aliphatic rings. The van der Waals surface area contributed by atoms with Gasteiger partial charge in [0.2, 0.25) is 5.91 Å². The van der Waals surface area contributed by atoms with Crippen LogP contribution < -0.4 is 19.4 Å². The van der Waals surface area contributed by atoms with Crippen LogP contribution in [0, 0.1) is 12.8 Å². The summed E-state index contributed by atoms with van der Waals surface area (Å²) in [6.07, 6.45) is -0.967. The Kier molecular flexibility index (Phi) is 7.04. The number of anilines is 2. The van der Waals surface area contributed by atoms with E-state index < -0.39 is 18.1 Å². The lowest BCUT2D eigenvalue weighted by Crippen LogP contribution is -2.37. The van der Waals surface area contributed by atoms with Crippen LogP contribution in [0.1, 0.15) is 22.7 Å². The number of fused-ring (bicyclic) bond motifs is 1. The largest absolute Gasteiger partial charge is 0.493 e. The third kappa shape index (κ3) is 4.63. The first-order chi connectivity index (χ1) is 19.5. The molecule has 8 heteroatoms. The summed E-state index contributed by atoms with van der Waals surface area (Å²) in [6.45, 7) is 2.33. The molecule has 202 valence electrons. The Morgan fingerprint density at radius 1 is 0.825 bits per heavy atom. The van der Waals surface area contributed by atoms with Gasteiger partial charge in [-0.2, -0.15) is 0 Å². The predicted molar refractivity (Wildman–Crippen MR) is 155 cm³/mol. The Morgan fingerprint density at radius 2 is 1.50 bits per heavy atom. The second-order valence-corrected chi connectivity index (χ2v) is 10.7. The van der Waals surface area contributed by atoms with Crippen LogP contribution >= 0.6 is 15.9 Å². The molecule has 0 spiro atoms. The Balaban J connectivity index is 1.40. The van der Waals surface area contributed by atoms with E-state index in [2.05, 4.69) is 15.9 Å². The Bertz CT molecular complexity index is 1550. The molecule has 4 aromatic carbocycles. The van der Waals surface area contributed by atoms with E-state index in [1.165, 1.54) is 4.90 Å². The van der Waals surface area contributed by atoms with Gasteiger partial charge in [-0.05, 0) is 54.4 Å². The molecule has 4 aromatic rings. The molecule has 7 nitrogen and oxygen atoms in total. The van der Waals surface area contributed by atoms with Gasteiger partial charge in [-0.3, -0.25) is 14.4 Å². The van der Waals surface area contributed by atoms with Crippen molar-refractivity contribution in [2.24, 2.45) is 5.92 Å². The number of aryl methyl sites for hydroxylation is 1. The summed E-state index contributed by atoms with van der Waals surface area (Å²) in [6, 6.07) is 29.8. The summed E-state index contributed by atoms with van der Waals surface area (Å²) in [5, 5.41) is 1.67. The number of hydrogen-bond donors (Lipinski definition) is 0. The number of benzene rings is 4. The summed E-state index contributed by atoms with van der Waals surface area (Å²) in [5.41, 5.74) is 4.08. The van der Waals surface area contributed by atoms with Crippen molar-refractivity contribution < 1.29 is 23.9 Å². The van der Waals surface area contributed by atoms with E-state index in [0.717, 1.165) is 22.4 Å². The predicted octanol–water partition coefficient (Wildman–Crippen LogP) is 6.40. The van der Waals surface area contributed by atoms with E-state index >= 15 is 0 Å². The van der Waals surface area contributed by atoms with Crippen LogP contribution in [0.4, 0.5) is 11.4 Å². The number of nitrogens with zero attached hydrogens (tertiary/aromatic N) is 2. The van der Waals surface area contributed by atoms with Crippen molar-refractivity contribution in [3.05, 3.63) is 118 Å². The number of halogens is 1. The third-order valence-electron chi connectivity index (χ3n) is 7.26. The highest BCUT2D eigenvalue weighted by Crippen LogP contribution is 2.50. The van der Waals surface area contributed by atoms with Gasteiger partial charge >= 0.3 is 0 Å². The monoisotopic (exact) mass is 598 g/mol. The standard InChI is InChI=1S/C32H27BrN2O5/c1-20-13-15-22(16-14-20)34-31(36)28-29(35(40-30(28)32(34)37)23-11-7-4-8-12-23)24-17-26(38-2)27(18-25(24)33)39-19-21-9-5-3-6-10-21/h3-18,28-30H,19H2,1-2H3/t28-,29-,30-/m1/s1. The van der Waals surface area contributed by atoms with Gasteiger partial charge in [-0.15, -0.1) is 0 Å². The first kappa shape index (κ1) is 26.1. The van der Waals surface area contributed by atoms with E-state index in [1.54, 1.807) is 24.3 Å². The summed E-state index contributed by atoms with van der Waals surface area (Å²) in [7, 11) is 1.58. The second-order valence-electron chi connectivity index (χ2n) is 9.80. The van der Waals surface area contributed by atoms with Crippen molar-refractivity contribution in [2.75, 3.05) is 17.1 Å². The van der Waals surface area contributed by atoms with Crippen molar-refractivity contribution in [1.29, 1.82) is 0 Å². The number of hydrogen-bond acceptors (Lipinski definition) is 6. The quantitative estimate of drug-likeness (QED) is 0.229. The topological polar surface area (TPSA) is 68.3 Å². The van der Waals surface area contributed by atoms with Crippen LogP contribution in [0.15, 0.2) is 102 Å². The van der Waals surface area contributed by atoms with E-state index in [4.69, 9.17) is 14.3 Å². The molecule has 0 saturated carbocycles. The smallest absolute Gasteiger partial charge is 0.266 e. The van der Waals surface area contributed by atoms with Crippen LogP contribution in [0.25, 0.3) is 0 Å². The highest BCUT2D eigenvalue weighted by molar-refractivity contribution is 9.10. The molecular weight excluding hydrogens is 572 g/mol. The van der Waals surface area contributed by atoms with Crippen LogP contribution in [-0.4, -0.2) is 25.0 Å². The zero-order valence-corrected chi connectivity index (χ0v) is 23.6. The van der Waals surface area contributed by atoms with Crippen molar-refractivity contribution in [2.45, 2.75) is 25.7 Å². The lowest BCUT2D eigenvalue weighted by Gasteiger charge is -2.30. The van der Waals surface area contributed by atoms with Gasteiger partial charge in [0.25, 0.3) is 5.91 Å². The number of para-hydroxylation sites is 1. The minimum absolute atomic E-state index is 0.308. The minimum atomic E-state index is -0.967. The van der Waals surface area contributed by atoms with Crippen molar-refractivity contribution in [3.8, 4) is 11.5 Å². The minimum Gasteiger partial charge on any atom is -0.493 e. The number of carbonyl (C=O) groups is 2. The lowest BCUT2D eigenvalue weighted by molar-refractivity contribution is -0.126. The van der Waals surface area contributed by atoms with Crippen LogP contribution in [-0.2, 0) is 21.0 Å². The zero-order chi connectivity index (χ0) is 27.8. The van der Waals surface area contributed by atoms with Crippen molar-refractivity contribution in [1.82, 2.24) is 0 Å². The highest BCUT2D eigenvalue weighted by atomic mass is 79.9. The van der Waals surface area contributed by atoms with Crippen LogP contribution in [0.2, 0.25) is 0 Å². The molecule has 0 radical (unpaired) electrons. The molecule has 2 fully saturated rings. The van der Waals surface area contributed by atoms with E-state index in [0.29, 0.717) is 28.3 Å². The number of rotatable bonds is 7. The maximum atomic E-state index is 14.0. The Hall–Kier alpha value is -4.14. The van der Waals surface area contributed by atoms with E-state index in [1.807, 2.05) is 91.9 Å². The molecule has 0 aliphatic carbocycles. The van der Waals surface area contributed by atoms with Crippen molar-refractivity contribution in [3.63, 3.8) is 0 Å². The summed E-state index contributed by atoms with van der Waals surface area (Å²) in [4.78, 5) is 35.1. The number of ether oxygens (including phenoxy) is 2. The second kappa shape index (κ2) is 10.8. The fourth-order valence-electron chi connectivity index (χ4n) is 5.26.